The molecule has 1 saturated heterocycles. The summed E-state index contributed by atoms with van der Waals surface area (Å²) in [4.78, 5) is 0. The predicted molar refractivity (Wildman–Crippen MR) is 128 cm³/mol. The molecule has 1 aliphatic heterocycles. The van der Waals surface area contributed by atoms with Crippen LogP contribution in [0.25, 0.3) is 12.2 Å². The third-order valence-corrected chi connectivity index (χ3v) is 30.4. The van der Waals surface area contributed by atoms with Gasteiger partial charge < -0.3 is 0 Å². The van der Waals surface area contributed by atoms with Gasteiger partial charge in [0.1, 0.15) is 0 Å². The topological polar surface area (TPSA) is 0 Å². The van der Waals surface area contributed by atoms with Crippen LogP contribution in [0.3, 0.4) is 0 Å². The monoisotopic (exact) mass is 564 g/mol. The van der Waals surface area contributed by atoms with Gasteiger partial charge in [-0.1, -0.05) is 0 Å². The summed E-state index contributed by atoms with van der Waals surface area (Å²) in [5.41, 5.74) is 10.1. The predicted octanol–water partition coefficient (Wildman–Crippen LogP) is 8.89. The Morgan fingerprint density at radius 3 is 1.57 bits per heavy atom. The molecule has 1 heteroatoms. The molecule has 2 atom stereocenters. The summed E-state index contributed by atoms with van der Waals surface area (Å²) in [5.74, 6) is 0. The Kier molecular flexibility index (Phi) is 5.33. The maximum absolute atomic E-state index is 2.91. The first-order valence-corrected chi connectivity index (χ1v) is 21.4. The van der Waals surface area contributed by atoms with Crippen molar-refractivity contribution in [2.24, 2.45) is 5.41 Å². The van der Waals surface area contributed by atoms with Crippen molar-refractivity contribution < 1.29 is 20.0 Å². The summed E-state index contributed by atoms with van der Waals surface area (Å²) in [7, 11) is 0. The van der Waals surface area contributed by atoms with Crippen LogP contribution in [-0.2, 0) is 20.0 Å². The Balaban J connectivity index is 1.79. The molecule has 0 spiro atoms. The van der Waals surface area contributed by atoms with Gasteiger partial charge in [-0.05, 0) is 0 Å². The summed E-state index contributed by atoms with van der Waals surface area (Å²) < 4.78 is 4.64. The molecule has 0 nitrogen and oxygen atoms in total. The standard InChI is InChI=1S/C21H18.2C4H9.Hf/c1-21(2,19-11-15-7-3-4-8-16(15)12-19)20-13-17-9-5-6-10-18(17)14-20;2*1-3-4-2;/h3-14H,1-2H3;2*1,3-4H2,2H3;. The van der Waals surface area contributed by atoms with Crippen LogP contribution in [-0.4, -0.2) is 0 Å². The van der Waals surface area contributed by atoms with E-state index in [0.29, 0.717) is 0 Å². The van der Waals surface area contributed by atoms with E-state index in [9.17, 15) is 0 Å². The van der Waals surface area contributed by atoms with Crippen LogP contribution in [0, 0.1) is 5.41 Å². The average Bonchev–Trinajstić information content (AvgIpc) is 3.35. The number of benzene rings is 2. The van der Waals surface area contributed by atoms with Gasteiger partial charge in [0.05, 0.1) is 0 Å². The van der Waals surface area contributed by atoms with Crippen LogP contribution >= 0.6 is 0 Å². The second-order valence-electron chi connectivity index (χ2n) is 10.4. The molecule has 0 aromatic heterocycles. The van der Waals surface area contributed by atoms with Gasteiger partial charge >= 0.3 is 189 Å². The van der Waals surface area contributed by atoms with Gasteiger partial charge in [0.25, 0.3) is 0 Å². The molecule has 3 aliphatic rings. The third-order valence-electron chi connectivity index (χ3n) is 8.44. The van der Waals surface area contributed by atoms with Crippen LogP contribution in [0.1, 0.15) is 83.0 Å². The van der Waals surface area contributed by atoms with E-state index in [1.807, 2.05) is 0 Å². The molecular weight excluding hydrogens is 527 g/mol. The van der Waals surface area contributed by atoms with Crippen molar-refractivity contribution in [1.29, 1.82) is 0 Å². The molecule has 0 saturated carbocycles. The molecule has 1 heterocycles. The number of allylic oxidation sites excluding steroid dienone is 2. The molecule has 2 aromatic rings. The minimum atomic E-state index is -2.91. The zero-order valence-electron chi connectivity index (χ0n) is 19.2. The molecule has 0 bridgehead atoms. The molecule has 2 aromatic carbocycles. The quantitative estimate of drug-likeness (QED) is 0.308. The molecular formula is C29H36Hf. The van der Waals surface area contributed by atoms with Crippen molar-refractivity contribution in [2.45, 2.75) is 69.1 Å². The minimum absolute atomic E-state index is 0.162. The molecule has 2 unspecified atom stereocenters. The van der Waals surface area contributed by atoms with Crippen LogP contribution in [0.5, 0.6) is 0 Å². The van der Waals surface area contributed by atoms with Crippen LogP contribution in [0.15, 0.2) is 59.7 Å². The van der Waals surface area contributed by atoms with E-state index in [1.54, 1.807) is 30.6 Å². The maximum atomic E-state index is 2.62. The van der Waals surface area contributed by atoms with Crippen molar-refractivity contribution in [2.75, 3.05) is 0 Å². The first kappa shape index (κ1) is 20.7. The van der Waals surface area contributed by atoms with Crippen molar-refractivity contribution >= 4 is 12.2 Å². The summed E-state index contributed by atoms with van der Waals surface area (Å²) in [5, 5.41) is 0. The van der Waals surface area contributed by atoms with E-state index >= 15 is 0 Å². The number of hydrogen-bond acceptors (Lipinski definition) is 0. The normalized spacial score (nSPS) is 24.4. The van der Waals surface area contributed by atoms with Gasteiger partial charge in [0.15, 0.2) is 0 Å². The van der Waals surface area contributed by atoms with E-state index in [1.165, 1.54) is 36.8 Å². The fraction of sp³-hybridized carbons (Fsp3) is 0.448. The van der Waals surface area contributed by atoms with E-state index in [4.69, 9.17) is 0 Å². The van der Waals surface area contributed by atoms with Gasteiger partial charge in [-0.2, -0.15) is 0 Å². The summed E-state index contributed by atoms with van der Waals surface area (Å²) >= 11 is -2.91. The fourth-order valence-corrected chi connectivity index (χ4v) is 34.5. The Morgan fingerprint density at radius 1 is 0.700 bits per heavy atom. The van der Waals surface area contributed by atoms with Gasteiger partial charge in [-0.15, -0.1) is 0 Å². The molecule has 156 valence electrons. The van der Waals surface area contributed by atoms with E-state index in [-0.39, 0.29) is 5.41 Å². The van der Waals surface area contributed by atoms with Gasteiger partial charge in [-0.25, -0.2) is 0 Å². The molecule has 0 radical (unpaired) electrons. The van der Waals surface area contributed by atoms with E-state index in [0.717, 1.165) is 7.35 Å². The Bertz CT molecular complexity index is 941. The summed E-state index contributed by atoms with van der Waals surface area (Å²) in [6.07, 6.45) is 10.7. The first-order chi connectivity index (χ1) is 14.5. The third kappa shape index (κ3) is 2.87. The van der Waals surface area contributed by atoms with Gasteiger partial charge in [0, 0.05) is 0 Å². The molecule has 2 aliphatic carbocycles. The Morgan fingerprint density at radius 2 is 1.13 bits per heavy atom. The van der Waals surface area contributed by atoms with E-state index in [2.05, 4.69) is 88.4 Å². The zero-order chi connectivity index (χ0) is 20.9. The fourth-order valence-electron chi connectivity index (χ4n) is 7.02. The molecule has 30 heavy (non-hydrogen) atoms. The summed E-state index contributed by atoms with van der Waals surface area (Å²) in [6, 6.07) is 18.8. The molecule has 0 amide bonds. The Labute approximate surface area is 187 Å². The Hall–Kier alpha value is -1.21. The number of rotatable bonds is 6. The van der Waals surface area contributed by atoms with Gasteiger partial charge in [-0.3, -0.25) is 0 Å². The SMILES string of the molecule is CCC[CH2][Hf]1([CH2]CCC)[CH]2C(=Cc3ccccc32)C(C)(C)C2=Cc3ccccc3[CH]21. The molecule has 1 fully saturated rings. The molecule has 0 N–H and O–H groups in total. The first-order valence-electron chi connectivity index (χ1n) is 12.2. The van der Waals surface area contributed by atoms with Crippen molar-refractivity contribution in [3.63, 3.8) is 0 Å². The van der Waals surface area contributed by atoms with Crippen LogP contribution < -0.4 is 0 Å². The zero-order valence-corrected chi connectivity index (χ0v) is 22.8. The van der Waals surface area contributed by atoms with Crippen LogP contribution in [0.2, 0.25) is 8.35 Å². The van der Waals surface area contributed by atoms with Crippen molar-refractivity contribution in [1.82, 2.24) is 0 Å². The second kappa shape index (κ2) is 7.73. The number of unbranched alkanes of at least 4 members (excludes halogenated alkanes) is 2. The van der Waals surface area contributed by atoms with E-state index < -0.39 is 20.0 Å². The number of fused-ring (bicyclic) bond motifs is 6. The van der Waals surface area contributed by atoms with Crippen molar-refractivity contribution in [3.05, 3.63) is 81.9 Å². The van der Waals surface area contributed by atoms with Crippen molar-refractivity contribution in [3.8, 4) is 0 Å². The van der Waals surface area contributed by atoms with Gasteiger partial charge in [0.2, 0.25) is 0 Å². The second-order valence-corrected chi connectivity index (χ2v) is 27.0. The average molecular weight is 563 g/mol. The molecule has 5 rings (SSSR count). The van der Waals surface area contributed by atoms with Crippen LogP contribution in [0.4, 0.5) is 0 Å². The summed E-state index contributed by atoms with van der Waals surface area (Å²) in [6.45, 7) is 9.85. The number of hydrogen-bond donors (Lipinski definition) is 0.